The Hall–Kier alpha value is -1.86. The molecule has 3 rings (SSSR count). The number of carbonyl (C=O) groups is 1. The average Bonchev–Trinajstić information content (AvgIpc) is 3.12. The first-order valence-electron chi connectivity index (χ1n) is 8.26. The van der Waals surface area contributed by atoms with E-state index >= 15 is 0 Å². The molecule has 5 nitrogen and oxygen atoms in total. The SMILES string of the molecule is CCn1nc(C(=O)N=c2sc3cc(C)ccc3n2CCSC)cc1C. The number of hydrogen-bond acceptors (Lipinski definition) is 4. The van der Waals surface area contributed by atoms with E-state index in [0.717, 1.165) is 39.6 Å². The van der Waals surface area contributed by atoms with Crippen LogP contribution in [-0.4, -0.2) is 32.3 Å². The van der Waals surface area contributed by atoms with Gasteiger partial charge in [-0.1, -0.05) is 17.4 Å². The molecule has 132 valence electrons. The molecule has 0 aliphatic heterocycles. The van der Waals surface area contributed by atoms with Crippen molar-refractivity contribution in [1.82, 2.24) is 14.3 Å². The summed E-state index contributed by atoms with van der Waals surface area (Å²) in [6.07, 6.45) is 2.08. The predicted molar refractivity (Wildman–Crippen MR) is 105 cm³/mol. The topological polar surface area (TPSA) is 52.2 Å². The molecule has 0 aliphatic rings. The van der Waals surface area contributed by atoms with E-state index in [1.165, 1.54) is 5.56 Å². The summed E-state index contributed by atoms with van der Waals surface area (Å²) in [5, 5.41) is 4.35. The van der Waals surface area contributed by atoms with Crippen LogP contribution in [0.25, 0.3) is 10.2 Å². The molecule has 1 aromatic carbocycles. The van der Waals surface area contributed by atoms with Crippen LogP contribution in [0.5, 0.6) is 0 Å². The maximum atomic E-state index is 12.6. The van der Waals surface area contributed by atoms with Crippen molar-refractivity contribution in [3.8, 4) is 0 Å². The molecule has 0 aliphatic carbocycles. The zero-order valence-corrected chi connectivity index (χ0v) is 16.6. The maximum Gasteiger partial charge on any atom is 0.300 e. The number of nitrogens with zero attached hydrogens (tertiary/aromatic N) is 4. The molecule has 0 radical (unpaired) electrons. The Morgan fingerprint density at radius 3 is 2.80 bits per heavy atom. The van der Waals surface area contributed by atoms with Gasteiger partial charge in [0.1, 0.15) is 0 Å². The lowest BCUT2D eigenvalue weighted by Crippen LogP contribution is -2.18. The zero-order chi connectivity index (χ0) is 18.0. The fourth-order valence-corrected chi connectivity index (χ4v) is 4.26. The van der Waals surface area contributed by atoms with Gasteiger partial charge in [0.15, 0.2) is 10.5 Å². The number of aryl methyl sites for hydroxylation is 4. The Morgan fingerprint density at radius 1 is 1.32 bits per heavy atom. The van der Waals surface area contributed by atoms with Crippen molar-refractivity contribution in [3.05, 3.63) is 46.0 Å². The highest BCUT2D eigenvalue weighted by molar-refractivity contribution is 7.98. The Morgan fingerprint density at radius 2 is 2.12 bits per heavy atom. The fourth-order valence-electron chi connectivity index (χ4n) is 2.74. The number of thiazole rings is 1. The standard InChI is InChI=1S/C18H22N4OS2/c1-5-22-13(3)11-14(20-22)17(23)19-18-21(8-9-24-4)15-7-6-12(2)10-16(15)25-18/h6-7,10-11H,5,8-9H2,1-4H3. The maximum absolute atomic E-state index is 12.6. The van der Waals surface area contributed by atoms with Crippen LogP contribution >= 0.6 is 23.1 Å². The van der Waals surface area contributed by atoms with Crippen molar-refractivity contribution in [2.24, 2.45) is 4.99 Å². The monoisotopic (exact) mass is 374 g/mol. The first-order valence-corrected chi connectivity index (χ1v) is 10.5. The van der Waals surface area contributed by atoms with Gasteiger partial charge in [-0.25, -0.2) is 0 Å². The van der Waals surface area contributed by atoms with Gasteiger partial charge in [0, 0.05) is 24.5 Å². The number of amides is 1. The summed E-state index contributed by atoms with van der Waals surface area (Å²) in [4.78, 5) is 17.7. The lowest BCUT2D eigenvalue weighted by atomic mass is 10.2. The van der Waals surface area contributed by atoms with E-state index in [0.29, 0.717) is 5.69 Å². The average molecular weight is 375 g/mol. The molecule has 3 aromatic rings. The van der Waals surface area contributed by atoms with Crippen LogP contribution in [0.15, 0.2) is 29.3 Å². The van der Waals surface area contributed by atoms with Crippen molar-refractivity contribution in [2.45, 2.75) is 33.9 Å². The molecule has 1 amide bonds. The van der Waals surface area contributed by atoms with Crippen LogP contribution in [0.1, 0.15) is 28.7 Å². The van der Waals surface area contributed by atoms with E-state index < -0.39 is 0 Å². The Balaban J connectivity index is 2.08. The van der Waals surface area contributed by atoms with Crippen LogP contribution < -0.4 is 4.80 Å². The molecule has 2 heterocycles. The third-order valence-electron chi connectivity index (χ3n) is 4.05. The summed E-state index contributed by atoms with van der Waals surface area (Å²) in [5.41, 5.74) is 3.72. The van der Waals surface area contributed by atoms with Gasteiger partial charge in [0.25, 0.3) is 5.91 Å². The number of fused-ring (bicyclic) bond motifs is 1. The fraction of sp³-hybridized carbons (Fsp3) is 0.389. The summed E-state index contributed by atoms with van der Waals surface area (Å²) in [6.45, 7) is 7.62. The molecule has 0 spiro atoms. The van der Waals surface area contributed by atoms with Crippen molar-refractivity contribution >= 4 is 39.2 Å². The highest BCUT2D eigenvalue weighted by Gasteiger charge is 2.13. The van der Waals surface area contributed by atoms with Crippen LogP contribution in [0, 0.1) is 13.8 Å². The van der Waals surface area contributed by atoms with Gasteiger partial charge in [-0.2, -0.15) is 21.9 Å². The van der Waals surface area contributed by atoms with Crippen molar-refractivity contribution in [1.29, 1.82) is 0 Å². The number of thioether (sulfide) groups is 1. The summed E-state index contributed by atoms with van der Waals surface area (Å²) in [6, 6.07) is 8.16. The van der Waals surface area contributed by atoms with E-state index in [2.05, 4.69) is 46.0 Å². The second kappa shape index (κ2) is 7.58. The Kier molecular flexibility index (Phi) is 5.44. The molecule has 0 fully saturated rings. The minimum atomic E-state index is -0.281. The van der Waals surface area contributed by atoms with Crippen molar-refractivity contribution < 1.29 is 4.79 Å². The summed E-state index contributed by atoms with van der Waals surface area (Å²) in [7, 11) is 0. The third kappa shape index (κ3) is 3.72. The number of hydrogen-bond donors (Lipinski definition) is 0. The minimum Gasteiger partial charge on any atom is -0.316 e. The summed E-state index contributed by atoms with van der Waals surface area (Å²) < 4.78 is 5.11. The molecular weight excluding hydrogens is 352 g/mol. The number of aromatic nitrogens is 3. The van der Waals surface area contributed by atoms with Gasteiger partial charge in [-0.3, -0.25) is 9.48 Å². The van der Waals surface area contributed by atoms with Crippen molar-refractivity contribution in [2.75, 3.05) is 12.0 Å². The molecule has 25 heavy (non-hydrogen) atoms. The smallest absolute Gasteiger partial charge is 0.300 e. The van der Waals surface area contributed by atoms with Gasteiger partial charge in [0.05, 0.1) is 10.2 Å². The first-order chi connectivity index (χ1) is 12.0. The normalized spacial score (nSPS) is 12.2. The molecule has 0 atom stereocenters. The van der Waals surface area contributed by atoms with Crippen LogP contribution in [0.4, 0.5) is 0 Å². The zero-order valence-electron chi connectivity index (χ0n) is 14.9. The number of rotatable bonds is 5. The van der Waals surface area contributed by atoms with Crippen LogP contribution in [0.3, 0.4) is 0 Å². The predicted octanol–water partition coefficient (Wildman–Crippen LogP) is 3.64. The largest absolute Gasteiger partial charge is 0.316 e. The molecule has 7 heteroatoms. The highest BCUT2D eigenvalue weighted by atomic mass is 32.2. The quantitative estimate of drug-likeness (QED) is 0.685. The molecular formula is C18H22N4OS2. The minimum absolute atomic E-state index is 0.281. The molecule has 2 aromatic heterocycles. The lowest BCUT2D eigenvalue weighted by molar-refractivity contribution is 0.0992. The number of benzene rings is 1. The van der Waals surface area contributed by atoms with Gasteiger partial charge in [0.2, 0.25) is 0 Å². The van der Waals surface area contributed by atoms with E-state index in [-0.39, 0.29) is 5.91 Å². The van der Waals surface area contributed by atoms with Gasteiger partial charge >= 0.3 is 0 Å². The highest BCUT2D eigenvalue weighted by Crippen LogP contribution is 2.19. The Labute approximate surface area is 155 Å². The first kappa shape index (κ1) is 17.9. The Bertz CT molecular complexity index is 981. The second-order valence-corrected chi connectivity index (χ2v) is 7.90. The van der Waals surface area contributed by atoms with E-state index in [1.807, 2.05) is 18.5 Å². The summed E-state index contributed by atoms with van der Waals surface area (Å²) in [5.74, 6) is 0.696. The molecule has 0 saturated heterocycles. The number of carbonyl (C=O) groups excluding carboxylic acids is 1. The molecule has 0 saturated carbocycles. The van der Waals surface area contributed by atoms with Crippen molar-refractivity contribution in [3.63, 3.8) is 0 Å². The second-order valence-electron chi connectivity index (χ2n) is 5.90. The van der Waals surface area contributed by atoms with Gasteiger partial charge in [-0.05, 0) is 50.8 Å². The molecule has 0 N–H and O–H groups in total. The molecule has 0 bridgehead atoms. The molecule has 0 unspecified atom stereocenters. The van der Waals surface area contributed by atoms with Crippen LogP contribution in [0.2, 0.25) is 0 Å². The van der Waals surface area contributed by atoms with E-state index in [4.69, 9.17) is 0 Å². The van der Waals surface area contributed by atoms with Gasteiger partial charge < -0.3 is 4.57 Å². The van der Waals surface area contributed by atoms with E-state index in [1.54, 1.807) is 29.2 Å². The van der Waals surface area contributed by atoms with Gasteiger partial charge in [-0.15, -0.1) is 0 Å². The van der Waals surface area contributed by atoms with Crippen LogP contribution in [-0.2, 0) is 13.1 Å². The van der Waals surface area contributed by atoms with E-state index in [9.17, 15) is 4.79 Å². The third-order valence-corrected chi connectivity index (χ3v) is 5.69. The summed E-state index contributed by atoms with van der Waals surface area (Å²) >= 11 is 3.35. The lowest BCUT2D eigenvalue weighted by Gasteiger charge is -2.03.